The van der Waals surface area contributed by atoms with Gasteiger partial charge in [0, 0.05) is 31.0 Å². The number of hydrogen-bond donors (Lipinski definition) is 1. The van der Waals surface area contributed by atoms with Crippen LogP contribution in [-0.2, 0) is 17.8 Å². The van der Waals surface area contributed by atoms with E-state index in [1.54, 1.807) is 0 Å². The SMILES string of the molecule is CCCCNC(=O)CN(Cc1ccccc1)c1nc(Cc2ccccc2)ns1. The standard InChI is InChI=1S/C22H26N4OS/c1-2-3-14-23-21(27)17-26(16-19-12-8-5-9-13-19)22-24-20(25-28-22)15-18-10-6-4-7-11-18/h4-13H,2-3,14-17H2,1H3,(H,23,27). The summed E-state index contributed by atoms with van der Waals surface area (Å²) in [5, 5.41) is 3.77. The van der Waals surface area contributed by atoms with Gasteiger partial charge in [-0.1, -0.05) is 74.0 Å². The van der Waals surface area contributed by atoms with E-state index in [0.29, 0.717) is 19.5 Å². The second-order valence-corrected chi connectivity index (χ2v) is 7.43. The quantitative estimate of drug-likeness (QED) is 0.527. The molecule has 6 heteroatoms. The number of benzene rings is 2. The zero-order chi connectivity index (χ0) is 19.6. The number of hydrogen-bond acceptors (Lipinski definition) is 5. The van der Waals surface area contributed by atoms with Gasteiger partial charge in [0.15, 0.2) is 0 Å². The molecular formula is C22H26N4OS. The minimum absolute atomic E-state index is 0.0178. The summed E-state index contributed by atoms with van der Waals surface area (Å²) in [6.07, 6.45) is 2.75. The molecule has 0 unspecified atom stereocenters. The van der Waals surface area contributed by atoms with Crippen LogP contribution in [0.4, 0.5) is 5.13 Å². The first-order valence-corrected chi connectivity index (χ1v) is 10.4. The number of unbranched alkanes of at least 4 members (excludes halogenated alkanes) is 1. The predicted molar refractivity (Wildman–Crippen MR) is 115 cm³/mol. The highest BCUT2D eigenvalue weighted by atomic mass is 32.1. The first-order chi connectivity index (χ1) is 13.7. The summed E-state index contributed by atoms with van der Waals surface area (Å²) in [7, 11) is 0. The molecule has 0 fully saturated rings. The fraction of sp³-hybridized carbons (Fsp3) is 0.318. The predicted octanol–water partition coefficient (Wildman–Crippen LogP) is 4.05. The largest absolute Gasteiger partial charge is 0.355 e. The van der Waals surface area contributed by atoms with Crippen molar-refractivity contribution in [1.82, 2.24) is 14.7 Å². The molecule has 1 heterocycles. The van der Waals surface area contributed by atoms with Crippen LogP contribution < -0.4 is 10.2 Å². The van der Waals surface area contributed by atoms with Crippen LogP contribution in [0.25, 0.3) is 0 Å². The van der Waals surface area contributed by atoms with Gasteiger partial charge in [0.25, 0.3) is 0 Å². The molecule has 0 bridgehead atoms. The number of anilines is 1. The lowest BCUT2D eigenvalue weighted by atomic mass is 10.1. The zero-order valence-corrected chi connectivity index (χ0v) is 17.0. The van der Waals surface area contributed by atoms with E-state index in [1.165, 1.54) is 17.1 Å². The van der Waals surface area contributed by atoms with E-state index in [0.717, 1.165) is 29.4 Å². The third-order valence-electron chi connectivity index (χ3n) is 4.34. The Balaban J connectivity index is 1.71. The summed E-state index contributed by atoms with van der Waals surface area (Å²) in [5.41, 5.74) is 2.32. The van der Waals surface area contributed by atoms with Crippen LogP contribution in [0.1, 0.15) is 36.7 Å². The molecule has 0 radical (unpaired) electrons. The number of rotatable bonds is 10. The summed E-state index contributed by atoms with van der Waals surface area (Å²) >= 11 is 1.35. The van der Waals surface area contributed by atoms with Crippen molar-refractivity contribution >= 4 is 22.6 Å². The number of nitrogens with one attached hydrogen (secondary N) is 1. The number of aromatic nitrogens is 2. The van der Waals surface area contributed by atoms with Gasteiger partial charge in [0.1, 0.15) is 5.82 Å². The van der Waals surface area contributed by atoms with Gasteiger partial charge in [0.2, 0.25) is 11.0 Å². The molecule has 0 saturated heterocycles. The van der Waals surface area contributed by atoms with Crippen LogP contribution in [0.15, 0.2) is 60.7 Å². The van der Waals surface area contributed by atoms with Crippen molar-refractivity contribution in [2.45, 2.75) is 32.7 Å². The minimum atomic E-state index is 0.0178. The molecular weight excluding hydrogens is 368 g/mol. The molecule has 3 rings (SSSR count). The van der Waals surface area contributed by atoms with E-state index >= 15 is 0 Å². The monoisotopic (exact) mass is 394 g/mol. The second-order valence-electron chi connectivity index (χ2n) is 6.70. The van der Waals surface area contributed by atoms with Crippen LogP contribution in [-0.4, -0.2) is 28.4 Å². The summed E-state index contributed by atoms with van der Waals surface area (Å²) in [4.78, 5) is 19.1. The minimum Gasteiger partial charge on any atom is -0.355 e. The van der Waals surface area contributed by atoms with E-state index in [9.17, 15) is 4.79 Å². The molecule has 1 aromatic heterocycles. The van der Waals surface area contributed by atoms with Crippen LogP contribution in [0, 0.1) is 0 Å². The van der Waals surface area contributed by atoms with Gasteiger partial charge in [-0.3, -0.25) is 4.79 Å². The van der Waals surface area contributed by atoms with Crippen molar-refractivity contribution < 1.29 is 4.79 Å². The van der Waals surface area contributed by atoms with Crippen molar-refractivity contribution in [3.63, 3.8) is 0 Å². The topological polar surface area (TPSA) is 58.1 Å². The van der Waals surface area contributed by atoms with E-state index in [1.807, 2.05) is 41.3 Å². The Morgan fingerprint density at radius 3 is 2.39 bits per heavy atom. The maximum absolute atomic E-state index is 12.4. The Labute approximate surface area is 170 Å². The lowest BCUT2D eigenvalue weighted by Gasteiger charge is -2.21. The van der Waals surface area contributed by atoms with Crippen molar-refractivity contribution in [3.05, 3.63) is 77.6 Å². The average molecular weight is 395 g/mol. The van der Waals surface area contributed by atoms with Crippen molar-refractivity contribution in [2.75, 3.05) is 18.0 Å². The Morgan fingerprint density at radius 2 is 1.71 bits per heavy atom. The Morgan fingerprint density at radius 1 is 1.04 bits per heavy atom. The van der Waals surface area contributed by atoms with Crippen LogP contribution >= 0.6 is 11.5 Å². The fourth-order valence-corrected chi connectivity index (χ4v) is 3.54. The Bertz CT molecular complexity index is 851. The average Bonchev–Trinajstić information content (AvgIpc) is 3.18. The molecule has 0 spiro atoms. The summed E-state index contributed by atoms with van der Waals surface area (Å²) < 4.78 is 4.51. The molecule has 28 heavy (non-hydrogen) atoms. The number of amides is 1. The van der Waals surface area contributed by atoms with Crippen molar-refractivity contribution in [1.29, 1.82) is 0 Å². The van der Waals surface area contributed by atoms with E-state index < -0.39 is 0 Å². The van der Waals surface area contributed by atoms with Gasteiger partial charge in [-0.2, -0.15) is 4.37 Å². The molecule has 1 amide bonds. The highest BCUT2D eigenvalue weighted by Crippen LogP contribution is 2.21. The molecule has 0 aliphatic rings. The third kappa shape index (κ3) is 6.16. The first kappa shape index (κ1) is 20.0. The lowest BCUT2D eigenvalue weighted by molar-refractivity contribution is -0.119. The van der Waals surface area contributed by atoms with Crippen molar-refractivity contribution in [3.8, 4) is 0 Å². The van der Waals surface area contributed by atoms with Gasteiger partial charge >= 0.3 is 0 Å². The molecule has 2 aromatic carbocycles. The van der Waals surface area contributed by atoms with Gasteiger partial charge in [-0.15, -0.1) is 0 Å². The van der Waals surface area contributed by atoms with Crippen molar-refractivity contribution in [2.24, 2.45) is 0 Å². The molecule has 0 aliphatic carbocycles. The molecule has 5 nitrogen and oxygen atoms in total. The highest BCUT2D eigenvalue weighted by Gasteiger charge is 2.17. The second kappa shape index (κ2) is 10.6. The molecule has 146 valence electrons. The molecule has 0 atom stereocenters. The molecule has 1 N–H and O–H groups in total. The van der Waals surface area contributed by atoms with Crippen LogP contribution in [0.2, 0.25) is 0 Å². The molecule has 0 saturated carbocycles. The van der Waals surface area contributed by atoms with E-state index in [-0.39, 0.29) is 12.5 Å². The fourth-order valence-electron chi connectivity index (χ4n) is 2.85. The number of nitrogens with zero attached hydrogens (tertiary/aromatic N) is 3. The van der Waals surface area contributed by atoms with Gasteiger partial charge < -0.3 is 10.2 Å². The number of carbonyl (C=O) groups is 1. The summed E-state index contributed by atoms with van der Waals surface area (Å²) in [6, 6.07) is 20.3. The van der Waals surface area contributed by atoms with Gasteiger partial charge in [-0.25, -0.2) is 4.98 Å². The summed E-state index contributed by atoms with van der Waals surface area (Å²) in [5.74, 6) is 0.805. The summed E-state index contributed by atoms with van der Waals surface area (Å²) in [6.45, 7) is 3.73. The third-order valence-corrected chi connectivity index (χ3v) is 5.15. The Hall–Kier alpha value is -2.73. The van der Waals surface area contributed by atoms with Crippen LogP contribution in [0.3, 0.4) is 0 Å². The van der Waals surface area contributed by atoms with Crippen LogP contribution in [0.5, 0.6) is 0 Å². The van der Waals surface area contributed by atoms with Gasteiger partial charge in [-0.05, 0) is 17.5 Å². The normalized spacial score (nSPS) is 10.6. The lowest BCUT2D eigenvalue weighted by Crippen LogP contribution is -2.37. The Kier molecular flexibility index (Phi) is 7.55. The van der Waals surface area contributed by atoms with E-state index in [2.05, 4.69) is 40.9 Å². The molecule has 3 aromatic rings. The maximum atomic E-state index is 12.4. The first-order valence-electron chi connectivity index (χ1n) is 9.66. The highest BCUT2D eigenvalue weighted by molar-refractivity contribution is 7.09. The zero-order valence-electron chi connectivity index (χ0n) is 16.2. The smallest absolute Gasteiger partial charge is 0.239 e. The van der Waals surface area contributed by atoms with Gasteiger partial charge in [0.05, 0.1) is 6.54 Å². The molecule has 0 aliphatic heterocycles. The number of carbonyl (C=O) groups excluding carboxylic acids is 1. The maximum Gasteiger partial charge on any atom is 0.239 e. The van der Waals surface area contributed by atoms with E-state index in [4.69, 9.17) is 4.98 Å².